The fourth-order valence-electron chi connectivity index (χ4n) is 1.41. The van der Waals surface area contributed by atoms with Crippen molar-refractivity contribution in [1.29, 1.82) is 0 Å². The smallest absolute Gasteiger partial charge is 0.374 e. The second kappa shape index (κ2) is 5.97. The third kappa shape index (κ3) is 3.41. The Kier molecular flexibility index (Phi) is 4.31. The maximum absolute atomic E-state index is 11.4. The van der Waals surface area contributed by atoms with Crippen molar-refractivity contribution in [2.45, 2.75) is 31.7 Å². The van der Waals surface area contributed by atoms with Gasteiger partial charge in [0, 0.05) is 0 Å². The summed E-state index contributed by atoms with van der Waals surface area (Å²) < 4.78 is 15.7. The molecule has 102 valence electrons. The second-order valence-corrected chi connectivity index (χ2v) is 4.82. The molecule has 0 spiro atoms. The summed E-state index contributed by atoms with van der Waals surface area (Å²) in [5.74, 6) is 1.83. The van der Waals surface area contributed by atoms with Crippen LogP contribution >= 0.6 is 11.8 Å². The lowest BCUT2D eigenvalue weighted by Crippen LogP contribution is -2.02. The van der Waals surface area contributed by atoms with Crippen LogP contribution in [0.25, 0.3) is 0 Å². The summed E-state index contributed by atoms with van der Waals surface area (Å²) in [7, 11) is 0. The van der Waals surface area contributed by atoms with E-state index in [0.717, 1.165) is 11.5 Å². The van der Waals surface area contributed by atoms with E-state index >= 15 is 0 Å². The van der Waals surface area contributed by atoms with Crippen LogP contribution in [0.2, 0.25) is 0 Å². The highest BCUT2D eigenvalue weighted by Gasteiger charge is 2.13. The Morgan fingerprint density at radius 3 is 2.79 bits per heavy atom. The zero-order chi connectivity index (χ0) is 13.8. The molecule has 0 atom stereocenters. The standard InChI is InChI=1S/C13H15NO4S/c1-4-16-12(15)11-6-5-10(18-11)7-19-13-14-8(2)9(3)17-13/h5-6H,4,7H2,1-3H3. The minimum Gasteiger partial charge on any atom is -0.460 e. The summed E-state index contributed by atoms with van der Waals surface area (Å²) in [5.41, 5.74) is 0.883. The average molecular weight is 281 g/mol. The van der Waals surface area contributed by atoms with Gasteiger partial charge < -0.3 is 13.6 Å². The number of oxazole rings is 1. The van der Waals surface area contributed by atoms with Crippen molar-refractivity contribution < 1.29 is 18.4 Å². The second-order valence-electron chi connectivity index (χ2n) is 3.90. The largest absolute Gasteiger partial charge is 0.460 e. The molecule has 2 aromatic rings. The van der Waals surface area contributed by atoms with E-state index in [0.29, 0.717) is 23.3 Å². The monoisotopic (exact) mass is 281 g/mol. The highest BCUT2D eigenvalue weighted by Crippen LogP contribution is 2.25. The van der Waals surface area contributed by atoms with Gasteiger partial charge in [0.05, 0.1) is 18.1 Å². The SMILES string of the molecule is CCOC(=O)c1ccc(CSc2nc(C)c(C)o2)o1. The van der Waals surface area contributed by atoms with Gasteiger partial charge in [0.1, 0.15) is 11.5 Å². The van der Waals surface area contributed by atoms with E-state index in [2.05, 4.69) is 4.98 Å². The quantitative estimate of drug-likeness (QED) is 0.618. The number of furan rings is 1. The summed E-state index contributed by atoms with van der Waals surface area (Å²) in [6.07, 6.45) is 0. The molecule has 0 aliphatic heterocycles. The number of aromatic nitrogens is 1. The zero-order valence-electron chi connectivity index (χ0n) is 11.1. The molecule has 0 fully saturated rings. The van der Waals surface area contributed by atoms with Crippen molar-refractivity contribution in [3.8, 4) is 0 Å². The van der Waals surface area contributed by atoms with E-state index in [1.54, 1.807) is 19.1 Å². The number of esters is 1. The molecule has 0 radical (unpaired) electrons. The molecule has 0 amide bonds. The number of ether oxygens (including phenoxy) is 1. The highest BCUT2D eigenvalue weighted by molar-refractivity contribution is 7.98. The molecular weight excluding hydrogens is 266 g/mol. The maximum Gasteiger partial charge on any atom is 0.374 e. The Hall–Kier alpha value is -1.69. The number of carbonyl (C=O) groups is 1. The van der Waals surface area contributed by atoms with E-state index < -0.39 is 5.97 Å². The predicted molar refractivity (Wildman–Crippen MR) is 70.2 cm³/mol. The first-order chi connectivity index (χ1) is 9.10. The molecule has 0 aromatic carbocycles. The van der Waals surface area contributed by atoms with Gasteiger partial charge in [0.2, 0.25) is 5.76 Å². The van der Waals surface area contributed by atoms with Gasteiger partial charge in [-0.25, -0.2) is 9.78 Å². The molecular formula is C13H15NO4S. The Balaban J connectivity index is 1.95. The lowest BCUT2D eigenvalue weighted by atomic mass is 10.4. The molecule has 0 N–H and O–H groups in total. The number of rotatable bonds is 5. The first-order valence-electron chi connectivity index (χ1n) is 5.92. The van der Waals surface area contributed by atoms with Gasteiger partial charge in [-0.2, -0.15) is 0 Å². The molecule has 0 saturated carbocycles. The minimum atomic E-state index is -0.443. The first-order valence-corrected chi connectivity index (χ1v) is 6.91. The van der Waals surface area contributed by atoms with Crippen LogP contribution in [0.1, 0.15) is 34.7 Å². The summed E-state index contributed by atoms with van der Waals surface area (Å²) in [4.78, 5) is 15.7. The molecule has 6 heteroatoms. The van der Waals surface area contributed by atoms with Crippen molar-refractivity contribution >= 4 is 17.7 Å². The molecule has 2 heterocycles. The number of hydrogen-bond donors (Lipinski definition) is 0. The third-order valence-electron chi connectivity index (χ3n) is 2.49. The number of hydrogen-bond acceptors (Lipinski definition) is 6. The van der Waals surface area contributed by atoms with Gasteiger partial charge in [-0.3, -0.25) is 0 Å². The van der Waals surface area contributed by atoms with Gasteiger partial charge in [-0.1, -0.05) is 11.8 Å². The van der Waals surface area contributed by atoms with E-state index in [-0.39, 0.29) is 5.76 Å². The van der Waals surface area contributed by atoms with Crippen LogP contribution in [0.3, 0.4) is 0 Å². The van der Waals surface area contributed by atoms with Crippen molar-refractivity contribution in [3.63, 3.8) is 0 Å². The summed E-state index contributed by atoms with van der Waals surface area (Å²) in [6.45, 7) is 5.86. The lowest BCUT2D eigenvalue weighted by Gasteiger charge is -1.97. The molecule has 2 rings (SSSR count). The Bertz CT molecular complexity index is 553. The normalized spacial score (nSPS) is 10.7. The highest BCUT2D eigenvalue weighted by atomic mass is 32.2. The maximum atomic E-state index is 11.4. The predicted octanol–water partition coefficient (Wildman–Crippen LogP) is 3.35. The van der Waals surface area contributed by atoms with E-state index in [1.165, 1.54) is 11.8 Å². The Morgan fingerprint density at radius 2 is 2.16 bits per heavy atom. The van der Waals surface area contributed by atoms with Gasteiger partial charge in [-0.15, -0.1) is 0 Å². The Morgan fingerprint density at radius 1 is 1.37 bits per heavy atom. The third-order valence-corrected chi connectivity index (χ3v) is 3.34. The van der Waals surface area contributed by atoms with Crippen molar-refractivity contribution in [2.75, 3.05) is 6.61 Å². The summed E-state index contributed by atoms with van der Waals surface area (Å²) in [5, 5.41) is 0.601. The molecule has 0 unspecified atom stereocenters. The number of nitrogens with zero attached hydrogens (tertiary/aromatic N) is 1. The van der Waals surface area contributed by atoms with Crippen molar-refractivity contribution in [3.05, 3.63) is 35.1 Å². The number of thioether (sulfide) groups is 1. The average Bonchev–Trinajstić information content (AvgIpc) is 2.95. The summed E-state index contributed by atoms with van der Waals surface area (Å²) >= 11 is 1.42. The molecule has 2 aromatic heterocycles. The minimum absolute atomic E-state index is 0.220. The Labute approximate surface area is 115 Å². The van der Waals surface area contributed by atoms with Crippen LogP contribution in [0.4, 0.5) is 0 Å². The van der Waals surface area contributed by atoms with E-state index in [1.807, 2.05) is 13.8 Å². The van der Waals surface area contributed by atoms with Crippen LogP contribution in [0.5, 0.6) is 0 Å². The van der Waals surface area contributed by atoms with Crippen LogP contribution in [0.15, 0.2) is 26.2 Å². The fourth-order valence-corrected chi connectivity index (χ4v) is 2.21. The lowest BCUT2D eigenvalue weighted by molar-refractivity contribution is 0.0488. The van der Waals surface area contributed by atoms with Gasteiger partial charge in [0.25, 0.3) is 5.22 Å². The number of aryl methyl sites for hydroxylation is 2. The summed E-state index contributed by atoms with van der Waals surface area (Å²) in [6, 6.07) is 3.36. The molecule has 0 saturated heterocycles. The van der Waals surface area contributed by atoms with Crippen LogP contribution in [-0.4, -0.2) is 17.6 Å². The molecule has 0 aliphatic rings. The van der Waals surface area contributed by atoms with Crippen molar-refractivity contribution in [2.24, 2.45) is 0 Å². The number of carbonyl (C=O) groups excluding carboxylic acids is 1. The van der Waals surface area contributed by atoms with E-state index in [9.17, 15) is 4.79 Å². The molecule has 19 heavy (non-hydrogen) atoms. The van der Waals surface area contributed by atoms with Gasteiger partial charge in [0.15, 0.2) is 0 Å². The molecule has 0 bridgehead atoms. The fraction of sp³-hybridized carbons (Fsp3) is 0.385. The van der Waals surface area contributed by atoms with Crippen molar-refractivity contribution in [1.82, 2.24) is 4.98 Å². The molecule has 0 aliphatic carbocycles. The van der Waals surface area contributed by atoms with Crippen LogP contribution in [0, 0.1) is 13.8 Å². The first kappa shape index (κ1) is 13.7. The molecule has 5 nitrogen and oxygen atoms in total. The van der Waals surface area contributed by atoms with Crippen LogP contribution < -0.4 is 0 Å². The topological polar surface area (TPSA) is 65.5 Å². The van der Waals surface area contributed by atoms with Crippen LogP contribution in [-0.2, 0) is 10.5 Å². The van der Waals surface area contributed by atoms with Gasteiger partial charge >= 0.3 is 5.97 Å². The van der Waals surface area contributed by atoms with Gasteiger partial charge in [-0.05, 0) is 32.9 Å². The zero-order valence-corrected chi connectivity index (χ0v) is 11.9. The van der Waals surface area contributed by atoms with E-state index in [4.69, 9.17) is 13.6 Å².